The maximum absolute atomic E-state index is 3.35. The quantitative estimate of drug-likeness (QED) is 0.272. The zero-order chi connectivity index (χ0) is 22.6. The highest BCUT2D eigenvalue weighted by molar-refractivity contribution is 5.52. The van der Waals surface area contributed by atoms with Crippen LogP contribution in [0.2, 0.25) is 0 Å². The maximum Gasteiger partial charge on any atom is 0.0281 e. The van der Waals surface area contributed by atoms with Gasteiger partial charge in [0.15, 0.2) is 0 Å². The molecule has 0 aliphatic carbocycles. The minimum absolute atomic E-state index is 0.945. The Kier molecular flexibility index (Phi) is 9.22. The van der Waals surface area contributed by atoms with Crippen molar-refractivity contribution in [2.24, 2.45) is 0 Å². The first-order chi connectivity index (χ1) is 15.7. The lowest BCUT2D eigenvalue weighted by Gasteiger charge is -2.03. The molecule has 0 radical (unpaired) electrons. The van der Waals surface area contributed by atoms with Crippen LogP contribution in [0.1, 0.15) is 85.4 Å². The summed E-state index contributed by atoms with van der Waals surface area (Å²) in [5, 5.41) is 0. The summed E-state index contributed by atoms with van der Waals surface area (Å²) >= 11 is 0. The van der Waals surface area contributed by atoms with E-state index in [-0.39, 0.29) is 0 Å². The fourth-order valence-electron chi connectivity index (χ4n) is 3.70. The molecule has 0 unspecified atom stereocenters. The van der Waals surface area contributed by atoms with Gasteiger partial charge >= 0.3 is 0 Å². The Hall–Kier alpha value is -3.22. The molecule has 0 spiro atoms. The van der Waals surface area contributed by atoms with Crippen LogP contribution in [0, 0.1) is 23.7 Å². The van der Waals surface area contributed by atoms with E-state index in [0.717, 1.165) is 35.1 Å². The highest BCUT2D eigenvalue weighted by atomic mass is 14.0. The van der Waals surface area contributed by atoms with Crippen LogP contribution in [0.4, 0.5) is 0 Å². The second-order valence-corrected chi connectivity index (χ2v) is 8.28. The highest BCUT2D eigenvalue weighted by Crippen LogP contribution is 2.13. The van der Waals surface area contributed by atoms with Crippen molar-refractivity contribution in [2.45, 2.75) is 65.7 Å². The van der Waals surface area contributed by atoms with Crippen LogP contribution >= 0.6 is 0 Å². The van der Waals surface area contributed by atoms with Crippen molar-refractivity contribution in [3.05, 3.63) is 106 Å². The molecule has 0 bridgehead atoms. The van der Waals surface area contributed by atoms with Crippen molar-refractivity contribution in [1.82, 2.24) is 0 Å². The van der Waals surface area contributed by atoms with Crippen molar-refractivity contribution in [2.75, 3.05) is 0 Å². The van der Waals surface area contributed by atoms with Gasteiger partial charge in [-0.1, -0.05) is 88.0 Å². The third-order valence-electron chi connectivity index (χ3n) is 5.81. The molecule has 0 aromatic heterocycles. The van der Waals surface area contributed by atoms with Gasteiger partial charge in [-0.2, -0.15) is 0 Å². The van der Waals surface area contributed by atoms with Crippen molar-refractivity contribution in [3.63, 3.8) is 0 Å². The first-order valence-electron chi connectivity index (χ1n) is 12.1. The number of benzene rings is 3. The van der Waals surface area contributed by atoms with Gasteiger partial charge in [0.25, 0.3) is 0 Å². The van der Waals surface area contributed by atoms with Crippen LogP contribution in [0.3, 0.4) is 0 Å². The molecule has 0 saturated heterocycles. The monoisotopic (exact) mass is 418 g/mol. The number of rotatable bonds is 7. The molecule has 162 valence electrons. The summed E-state index contributed by atoms with van der Waals surface area (Å²) in [6, 6.07) is 23.6. The molecule has 0 nitrogen and oxygen atoms in total. The number of hydrogen-bond donors (Lipinski definition) is 0. The summed E-state index contributed by atoms with van der Waals surface area (Å²) in [6.07, 6.45) is 8.38. The van der Waals surface area contributed by atoms with E-state index in [4.69, 9.17) is 0 Å². The molecule has 0 fully saturated rings. The third-order valence-corrected chi connectivity index (χ3v) is 5.81. The predicted molar refractivity (Wildman–Crippen MR) is 138 cm³/mol. The zero-order valence-electron chi connectivity index (χ0n) is 19.8. The van der Waals surface area contributed by atoms with Crippen LogP contribution in [0.5, 0.6) is 0 Å². The van der Waals surface area contributed by atoms with Crippen LogP contribution < -0.4 is 0 Å². The Balaban J connectivity index is 1.67. The number of aryl methyl sites for hydroxylation is 3. The average Bonchev–Trinajstić information content (AvgIpc) is 2.85. The molecule has 0 saturated carbocycles. The van der Waals surface area contributed by atoms with Gasteiger partial charge < -0.3 is 0 Å². The summed E-state index contributed by atoms with van der Waals surface area (Å²) in [6.45, 7) is 6.60. The zero-order valence-corrected chi connectivity index (χ0v) is 19.8. The first-order valence-corrected chi connectivity index (χ1v) is 12.1. The van der Waals surface area contributed by atoms with Gasteiger partial charge in [-0.05, 0) is 84.8 Å². The largest absolute Gasteiger partial charge is 0.0654 e. The van der Waals surface area contributed by atoms with E-state index in [2.05, 4.69) is 111 Å². The summed E-state index contributed by atoms with van der Waals surface area (Å²) in [7, 11) is 0. The molecule has 3 aromatic carbocycles. The summed E-state index contributed by atoms with van der Waals surface area (Å²) < 4.78 is 0. The topological polar surface area (TPSA) is 0 Å². The molecule has 3 aromatic rings. The highest BCUT2D eigenvalue weighted by Gasteiger charge is 2.00. The number of hydrogen-bond acceptors (Lipinski definition) is 0. The van der Waals surface area contributed by atoms with Crippen molar-refractivity contribution in [1.29, 1.82) is 0 Å². The van der Waals surface area contributed by atoms with Crippen LogP contribution in [-0.4, -0.2) is 0 Å². The Morgan fingerprint density at radius 3 is 1.75 bits per heavy atom. The van der Waals surface area contributed by atoms with Gasteiger partial charge in [0.05, 0.1) is 0 Å². The minimum atomic E-state index is 0.945. The van der Waals surface area contributed by atoms with E-state index in [1.807, 2.05) is 0 Å². The molecule has 0 aliphatic heterocycles. The maximum atomic E-state index is 3.35. The molecular formula is C32H34. The van der Waals surface area contributed by atoms with Gasteiger partial charge in [-0.3, -0.25) is 0 Å². The van der Waals surface area contributed by atoms with Crippen molar-refractivity contribution in [3.8, 4) is 23.7 Å². The third kappa shape index (κ3) is 7.18. The molecule has 0 heteroatoms. The van der Waals surface area contributed by atoms with Gasteiger partial charge in [-0.15, -0.1) is 0 Å². The summed E-state index contributed by atoms with van der Waals surface area (Å²) in [5.74, 6) is 13.3. The molecular weight excluding hydrogens is 384 g/mol. The SMILES string of the molecule is CCCCCCc1ccc(C#Cc2ccc(C#Cc3ccc(CC)cc3)c(CC)c2)cc1. The van der Waals surface area contributed by atoms with Gasteiger partial charge in [0.2, 0.25) is 0 Å². The summed E-state index contributed by atoms with van der Waals surface area (Å²) in [4.78, 5) is 0. The molecule has 32 heavy (non-hydrogen) atoms. The molecule has 0 atom stereocenters. The molecule has 0 aliphatic rings. The first kappa shape index (κ1) is 23.4. The van der Waals surface area contributed by atoms with Crippen LogP contribution in [0.15, 0.2) is 66.7 Å². The Morgan fingerprint density at radius 1 is 0.531 bits per heavy atom. The second kappa shape index (κ2) is 12.6. The fraction of sp³-hybridized carbons (Fsp3) is 0.312. The van der Waals surface area contributed by atoms with Gasteiger partial charge in [0.1, 0.15) is 0 Å². The average molecular weight is 419 g/mol. The lowest BCUT2D eigenvalue weighted by molar-refractivity contribution is 0.667. The molecule has 0 heterocycles. The number of unbranched alkanes of at least 4 members (excludes halogenated alkanes) is 3. The van der Waals surface area contributed by atoms with E-state index in [1.165, 1.54) is 48.8 Å². The van der Waals surface area contributed by atoms with Crippen molar-refractivity contribution < 1.29 is 0 Å². The van der Waals surface area contributed by atoms with E-state index < -0.39 is 0 Å². The molecule has 0 amide bonds. The lowest BCUT2D eigenvalue weighted by Crippen LogP contribution is -1.90. The van der Waals surface area contributed by atoms with Crippen LogP contribution in [0.25, 0.3) is 0 Å². The molecule has 3 rings (SSSR count). The van der Waals surface area contributed by atoms with E-state index in [0.29, 0.717) is 0 Å². The van der Waals surface area contributed by atoms with Gasteiger partial charge in [0, 0.05) is 22.3 Å². The lowest BCUT2D eigenvalue weighted by atomic mass is 10.0. The smallest absolute Gasteiger partial charge is 0.0281 e. The van der Waals surface area contributed by atoms with E-state index in [9.17, 15) is 0 Å². The van der Waals surface area contributed by atoms with Crippen molar-refractivity contribution >= 4 is 0 Å². The minimum Gasteiger partial charge on any atom is -0.0654 e. The van der Waals surface area contributed by atoms with E-state index in [1.54, 1.807) is 0 Å². The Bertz CT molecular complexity index is 1110. The normalized spacial score (nSPS) is 10.1. The predicted octanol–water partition coefficient (Wildman–Crippen LogP) is 7.73. The second-order valence-electron chi connectivity index (χ2n) is 8.28. The molecule has 0 N–H and O–H groups in total. The Labute approximate surface area is 195 Å². The summed E-state index contributed by atoms with van der Waals surface area (Å²) in [5.41, 5.74) is 8.26. The van der Waals surface area contributed by atoms with Gasteiger partial charge in [-0.25, -0.2) is 0 Å². The Morgan fingerprint density at radius 2 is 1.12 bits per heavy atom. The fourth-order valence-corrected chi connectivity index (χ4v) is 3.70. The van der Waals surface area contributed by atoms with E-state index >= 15 is 0 Å². The standard InChI is InChI=1S/C32H34/c1-4-7-8-9-10-27-15-17-28(18-16-27)19-20-30-22-24-32(31(6-3)25-30)23-21-29-13-11-26(5-2)12-14-29/h11-18,22,24-25H,4-10H2,1-3H3. The van der Waals surface area contributed by atoms with Crippen LogP contribution in [-0.2, 0) is 19.3 Å².